The average Bonchev–Trinajstić information content (AvgIpc) is 3.15. The van der Waals surface area contributed by atoms with Gasteiger partial charge in [-0.2, -0.15) is 0 Å². The fraction of sp³-hybridized carbons (Fsp3) is 0.963. The van der Waals surface area contributed by atoms with Gasteiger partial charge < -0.3 is 30.6 Å². The highest BCUT2D eigenvalue weighted by Crippen LogP contribution is 2.71. The first-order chi connectivity index (χ1) is 15.7. The number of Topliss-reactive ketones (excluding diaryl/α,β-unsaturated/α-hetero) is 1. The number of aliphatic hydroxyl groups is 6. The summed E-state index contributed by atoms with van der Waals surface area (Å²) in [6, 6.07) is 0. The minimum atomic E-state index is -1.33. The molecule has 6 N–H and O–H groups in total. The smallest absolute Gasteiger partial charge is 0.143 e. The van der Waals surface area contributed by atoms with E-state index in [0.717, 1.165) is 6.42 Å². The van der Waals surface area contributed by atoms with Gasteiger partial charge in [0.2, 0.25) is 0 Å². The molecule has 7 heteroatoms. The summed E-state index contributed by atoms with van der Waals surface area (Å²) in [7, 11) is 0. The fourth-order valence-electron chi connectivity index (χ4n) is 10.5. The summed E-state index contributed by atoms with van der Waals surface area (Å²) in [6.45, 7) is 10.2. The van der Waals surface area contributed by atoms with Crippen LogP contribution in [0.2, 0.25) is 0 Å². The third kappa shape index (κ3) is 2.94. The topological polar surface area (TPSA) is 138 Å². The predicted molar refractivity (Wildman–Crippen MR) is 124 cm³/mol. The number of rotatable bonds is 2. The van der Waals surface area contributed by atoms with E-state index in [9.17, 15) is 35.4 Å². The van der Waals surface area contributed by atoms with Crippen molar-refractivity contribution < 1.29 is 35.4 Å². The van der Waals surface area contributed by atoms with Crippen LogP contribution in [-0.4, -0.2) is 72.5 Å². The molecule has 5 aliphatic carbocycles. The van der Waals surface area contributed by atoms with Gasteiger partial charge in [0.25, 0.3) is 0 Å². The molecule has 5 saturated carbocycles. The van der Waals surface area contributed by atoms with Crippen molar-refractivity contribution in [1.82, 2.24) is 0 Å². The number of carbonyl (C=O) groups is 1. The highest BCUT2D eigenvalue weighted by atomic mass is 16.4. The van der Waals surface area contributed by atoms with Gasteiger partial charge in [-0.25, -0.2) is 0 Å². The van der Waals surface area contributed by atoms with Gasteiger partial charge in [0.15, 0.2) is 0 Å². The minimum Gasteiger partial charge on any atom is -0.390 e. The Kier molecular flexibility index (Phi) is 5.70. The summed E-state index contributed by atoms with van der Waals surface area (Å²) in [6.07, 6.45) is -3.43. The lowest BCUT2D eigenvalue weighted by Gasteiger charge is -2.64. The summed E-state index contributed by atoms with van der Waals surface area (Å²) >= 11 is 0. The van der Waals surface area contributed by atoms with Gasteiger partial charge in [0.05, 0.1) is 35.9 Å². The van der Waals surface area contributed by atoms with E-state index < -0.39 is 70.6 Å². The molecule has 0 aromatic carbocycles. The molecule has 0 radical (unpaired) electrons. The number of fused-ring (bicyclic) bond motifs is 7. The largest absolute Gasteiger partial charge is 0.390 e. The Morgan fingerprint density at radius 3 is 2.24 bits per heavy atom. The predicted octanol–water partition coefficient (Wildman–Crippen LogP) is 1.11. The number of ketones is 1. The van der Waals surface area contributed by atoms with E-state index in [2.05, 4.69) is 27.7 Å². The molecule has 0 heterocycles. The molecule has 5 aliphatic rings. The molecule has 5 rings (SSSR count). The van der Waals surface area contributed by atoms with Crippen molar-refractivity contribution in [3.8, 4) is 0 Å². The molecule has 0 spiro atoms. The van der Waals surface area contributed by atoms with E-state index in [1.165, 1.54) is 0 Å². The second-order valence-electron chi connectivity index (χ2n) is 13.7. The molecule has 0 aromatic heterocycles. The SMILES string of the molecule is CC(C)C[C@@]1(O)C[C@@H](C)[C@H]2[C@@H]1C(=O)[C@@H]1[C@@H]3[C@@H](O)[C@H](O)[C@H]4C[C@H](O)[C@@H](O)[C@@H](O)[C@]4(C)[C@H]3CC[C@]21C. The molecular weight excluding hydrogens is 436 g/mol. The Morgan fingerprint density at radius 1 is 0.971 bits per heavy atom. The molecule has 0 saturated heterocycles. The molecule has 0 amide bonds. The van der Waals surface area contributed by atoms with Gasteiger partial charge in [-0.15, -0.1) is 0 Å². The van der Waals surface area contributed by atoms with Crippen LogP contribution < -0.4 is 0 Å². The van der Waals surface area contributed by atoms with Crippen molar-refractivity contribution in [2.24, 2.45) is 58.2 Å². The van der Waals surface area contributed by atoms with Crippen LogP contribution in [0.15, 0.2) is 0 Å². The molecule has 34 heavy (non-hydrogen) atoms. The lowest BCUT2D eigenvalue weighted by molar-refractivity contribution is -0.272. The number of hydrogen-bond donors (Lipinski definition) is 6. The Morgan fingerprint density at radius 2 is 1.62 bits per heavy atom. The van der Waals surface area contributed by atoms with Crippen molar-refractivity contribution >= 4 is 5.78 Å². The lowest BCUT2D eigenvalue weighted by Crippen LogP contribution is -2.71. The van der Waals surface area contributed by atoms with E-state index in [1.54, 1.807) is 0 Å². The van der Waals surface area contributed by atoms with E-state index in [4.69, 9.17) is 0 Å². The van der Waals surface area contributed by atoms with Gasteiger partial charge in [0, 0.05) is 17.3 Å². The van der Waals surface area contributed by atoms with Gasteiger partial charge in [0.1, 0.15) is 11.9 Å². The van der Waals surface area contributed by atoms with Gasteiger partial charge >= 0.3 is 0 Å². The van der Waals surface area contributed by atoms with Crippen LogP contribution in [0.5, 0.6) is 0 Å². The quantitative estimate of drug-likeness (QED) is 0.348. The molecule has 0 bridgehead atoms. The van der Waals surface area contributed by atoms with E-state index >= 15 is 0 Å². The Bertz CT molecular complexity index is 847. The summed E-state index contributed by atoms with van der Waals surface area (Å²) < 4.78 is 0. The Hall–Kier alpha value is -0.570. The zero-order valence-electron chi connectivity index (χ0n) is 21.1. The molecule has 7 nitrogen and oxygen atoms in total. The number of hydrogen-bond acceptors (Lipinski definition) is 7. The summed E-state index contributed by atoms with van der Waals surface area (Å²) in [5, 5.41) is 66.5. The normalized spacial score (nSPS) is 61.1. The first kappa shape index (κ1) is 25.1. The van der Waals surface area contributed by atoms with Gasteiger partial charge in [-0.05, 0) is 67.1 Å². The van der Waals surface area contributed by atoms with Crippen LogP contribution >= 0.6 is 0 Å². The zero-order valence-corrected chi connectivity index (χ0v) is 21.1. The monoisotopic (exact) mass is 480 g/mol. The third-order valence-corrected chi connectivity index (χ3v) is 11.5. The summed E-state index contributed by atoms with van der Waals surface area (Å²) in [4.78, 5) is 14.2. The maximum absolute atomic E-state index is 14.2. The van der Waals surface area contributed by atoms with Crippen molar-refractivity contribution in [3.05, 3.63) is 0 Å². The van der Waals surface area contributed by atoms with Gasteiger partial charge in [-0.1, -0.05) is 34.6 Å². The minimum absolute atomic E-state index is 0.00822. The average molecular weight is 481 g/mol. The third-order valence-electron chi connectivity index (χ3n) is 11.5. The fourth-order valence-corrected chi connectivity index (χ4v) is 10.5. The van der Waals surface area contributed by atoms with Crippen LogP contribution in [-0.2, 0) is 4.79 Å². The zero-order chi connectivity index (χ0) is 25.1. The summed E-state index contributed by atoms with van der Waals surface area (Å²) in [5.74, 6) is -1.94. The van der Waals surface area contributed by atoms with Crippen molar-refractivity contribution in [3.63, 3.8) is 0 Å². The lowest BCUT2D eigenvalue weighted by atomic mass is 9.42. The standard InChI is InChI=1S/C27H44O7/c1-11(2)9-27(34)10-12(3)17-19(27)23(32)18-16-13(6-7-25(17,18)4)26(5)14(20(29)22(16)31)8-15(28)21(30)24(26)33/h11-22,24,28-31,33-34H,6-10H2,1-5H3/t12-,13+,14-,15+,16-,17+,18+,19-,20-,21-,22-,24-,25-,26-,27-/m1/s1. The molecule has 15 atom stereocenters. The van der Waals surface area contributed by atoms with E-state index in [1.807, 2.05) is 6.92 Å². The van der Waals surface area contributed by atoms with Crippen LogP contribution in [0.25, 0.3) is 0 Å². The maximum Gasteiger partial charge on any atom is 0.143 e. The highest BCUT2D eigenvalue weighted by Gasteiger charge is 2.75. The van der Waals surface area contributed by atoms with Crippen LogP contribution in [0.3, 0.4) is 0 Å². The van der Waals surface area contributed by atoms with Crippen LogP contribution in [0.4, 0.5) is 0 Å². The van der Waals surface area contributed by atoms with Crippen molar-refractivity contribution in [2.45, 2.75) is 103 Å². The number of aliphatic hydroxyl groups excluding tert-OH is 5. The van der Waals surface area contributed by atoms with Crippen molar-refractivity contribution in [2.75, 3.05) is 0 Å². The number of carbonyl (C=O) groups excluding carboxylic acids is 1. The first-order valence-electron chi connectivity index (χ1n) is 13.4. The van der Waals surface area contributed by atoms with Gasteiger partial charge in [-0.3, -0.25) is 4.79 Å². The van der Waals surface area contributed by atoms with Crippen LogP contribution in [0, 0.1) is 58.2 Å². The van der Waals surface area contributed by atoms with Crippen LogP contribution in [0.1, 0.15) is 66.7 Å². The molecule has 194 valence electrons. The molecular formula is C27H44O7. The second kappa shape index (κ2) is 7.72. The maximum atomic E-state index is 14.2. The molecule has 5 fully saturated rings. The Labute approximate surface area is 202 Å². The summed E-state index contributed by atoms with van der Waals surface area (Å²) in [5.41, 5.74) is -2.38. The Balaban J connectivity index is 1.58. The molecule has 0 aromatic rings. The highest BCUT2D eigenvalue weighted by molar-refractivity contribution is 5.89. The van der Waals surface area contributed by atoms with E-state index in [-0.39, 0.29) is 35.9 Å². The molecule has 0 unspecified atom stereocenters. The van der Waals surface area contributed by atoms with Crippen molar-refractivity contribution in [1.29, 1.82) is 0 Å². The van der Waals surface area contributed by atoms with E-state index in [0.29, 0.717) is 19.3 Å². The second-order valence-corrected chi connectivity index (χ2v) is 13.7. The first-order valence-corrected chi connectivity index (χ1v) is 13.4. The molecule has 0 aliphatic heterocycles.